The Morgan fingerprint density at radius 2 is 2.17 bits per heavy atom. The molecule has 0 aromatic carbocycles. The second kappa shape index (κ2) is 6.23. The molecule has 1 saturated heterocycles. The molecule has 104 valence electrons. The van der Waals surface area contributed by atoms with Gasteiger partial charge in [-0.05, 0) is 19.1 Å². The highest BCUT2D eigenvalue weighted by Crippen LogP contribution is 2.35. The summed E-state index contributed by atoms with van der Waals surface area (Å²) in [7, 11) is 0. The zero-order valence-electron chi connectivity index (χ0n) is 9.96. The molecule has 0 bridgehead atoms. The molecular weight excluding hydrogens is 285 g/mol. The van der Waals surface area contributed by atoms with Gasteiger partial charge in [0.15, 0.2) is 0 Å². The summed E-state index contributed by atoms with van der Waals surface area (Å²) in [6, 6.07) is 3.13. The first kappa shape index (κ1) is 15.8. The first-order valence-corrected chi connectivity index (χ1v) is 6.39. The summed E-state index contributed by atoms with van der Waals surface area (Å²) >= 11 is 0.848. The van der Waals surface area contributed by atoms with Crippen LogP contribution in [0, 0.1) is 0 Å². The summed E-state index contributed by atoms with van der Waals surface area (Å²) in [5.41, 5.74) is 0. The molecule has 0 radical (unpaired) electrons. The lowest BCUT2D eigenvalue weighted by molar-refractivity contribution is -0.134. The van der Waals surface area contributed by atoms with Crippen LogP contribution in [0.25, 0.3) is 0 Å². The summed E-state index contributed by atoms with van der Waals surface area (Å²) in [6.07, 6.45) is -4.21. The Labute approximate surface area is 115 Å². The van der Waals surface area contributed by atoms with Crippen molar-refractivity contribution in [2.75, 3.05) is 19.6 Å². The van der Waals surface area contributed by atoms with E-state index in [1.807, 2.05) is 0 Å². The van der Waals surface area contributed by atoms with Gasteiger partial charge in [0.1, 0.15) is 4.88 Å². The monoisotopic (exact) mass is 300 g/mol. The van der Waals surface area contributed by atoms with E-state index in [-0.39, 0.29) is 12.4 Å². The van der Waals surface area contributed by atoms with Crippen molar-refractivity contribution >= 4 is 23.7 Å². The molecule has 1 atom stereocenters. The van der Waals surface area contributed by atoms with Crippen LogP contribution in [0.4, 0.5) is 13.2 Å². The van der Waals surface area contributed by atoms with E-state index in [0.717, 1.165) is 35.8 Å². The van der Waals surface area contributed by atoms with Crippen LogP contribution >= 0.6 is 23.7 Å². The number of rotatable bonds is 2. The number of piperazine rings is 1. The topological polar surface area (TPSA) is 15.3 Å². The van der Waals surface area contributed by atoms with Crippen molar-refractivity contribution in [3.05, 3.63) is 21.9 Å². The third kappa shape index (κ3) is 3.85. The number of hydrogen-bond donors (Lipinski definition) is 1. The molecule has 7 heteroatoms. The maximum Gasteiger partial charge on any atom is 0.425 e. The number of nitrogens with one attached hydrogen (secondary N) is 1. The summed E-state index contributed by atoms with van der Waals surface area (Å²) in [6.45, 7) is 5.40. The fourth-order valence-corrected chi connectivity index (χ4v) is 2.83. The molecule has 0 saturated carbocycles. The van der Waals surface area contributed by atoms with E-state index < -0.39 is 11.1 Å². The maximum atomic E-state index is 12.4. The van der Waals surface area contributed by atoms with Crippen LogP contribution in [-0.4, -0.2) is 30.6 Å². The maximum absolute atomic E-state index is 12.4. The van der Waals surface area contributed by atoms with Crippen LogP contribution in [0.5, 0.6) is 0 Å². The minimum Gasteiger partial charge on any atom is -0.314 e. The predicted octanol–water partition coefficient (Wildman–Crippen LogP) is 2.98. The lowest BCUT2D eigenvalue weighted by Crippen LogP contribution is -2.49. The molecule has 1 aromatic heterocycles. The van der Waals surface area contributed by atoms with Crippen molar-refractivity contribution in [2.24, 2.45) is 0 Å². The first-order valence-electron chi connectivity index (χ1n) is 5.57. The van der Waals surface area contributed by atoms with Crippen LogP contribution in [0.1, 0.15) is 16.7 Å². The third-order valence-corrected chi connectivity index (χ3v) is 4.05. The number of hydrogen-bond acceptors (Lipinski definition) is 3. The molecule has 1 N–H and O–H groups in total. The SMILES string of the molecule is C[C@@H]1CNCCN1Cc1ccc(C(F)(F)F)s1.Cl. The van der Waals surface area contributed by atoms with Crippen LogP contribution in [0.3, 0.4) is 0 Å². The van der Waals surface area contributed by atoms with Gasteiger partial charge in [0.2, 0.25) is 0 Å². The van der Waals surface area contributed by atoms with Gasteiger partial charge < -0.3 is 5.32 Å². The summed E-state index contributed by atoms with van der Waals surface area (Å²) < 4.78 is 37.3. The van der Waals surface area contributed by atoms with Crippen molar-refractivity contribution in [2.45, 2.75) is 25.7 Å². The predicted molar refractivity (Wildman–Crippen MR) is 69.3 cm³/mol. The van der Waals surface area contributed by atoms with E-state index in [1.54, 1.807) is 6.07 Å². The quantitative estimate of drug-likeness (QED) is 0.903. The van der Waals surface area contributed by atoms with E-state index in [1.165, 1.54) is 6.07 Å². The van der Waals surface area contributed by atoms with Crippen molar-refractivity contribution < 1.29 is 13.2 Å². The molecule has 2 nitrogen and oxygen atoms in total. The molecule has 0 unspecified atom stereocenters. The zero-order valence-corrected chi connectivity index (χ0v) is 11.6. The Morgan fingerprint density at radius 3 is 2.72 bits per heavy atom. The Hall–Kier alpha value is -0.300. The Morgan fingerprint density at radius 1 is 1.44 bits per heavy atom. The number of alkyl halides is 3. The van der Waals surface area contributed by atoms with Gasteiger partial charge in [-0.1, -0.05) is 0 Å². The van der Waals surface area contributed by atoms with Crippen molar-refractivity contribution in [3.63, 3.8) is 0 Å². The zero-order chi connectivity index (χ0) is 12.5. The fourth-order valence-electron chi connectivity index (χ4n) is 1.93. The van der Waals surface area contributed by atoms with E-state index in [9.17, 15) is 13.2 Å². The molecule has 1 aliphatic rings. The Balaban J connectivity index is 0.00000162. The molecule has 0 spiro atoms. The second-order valence-corrected chi connectivity index (χ2v) is 5.46. The number of nitrogens with zero attached hydrogens (tertiary/aromatic N) is 1. The minimum atomic E-state index is -4.21. The van der Waals surface area contributed by atoms with Crippen molar-refractivity contribution in [1.29, 1.82) is 0 Å². The van der Waals surface area contributed by atoms with Crippen LogP contribution in [0.15, 0.2) is 12.1 Å². The van der Waals surface area contributed by atoms with Crippen LogP contribution in [0.2, 0.25) is 0 Å². The van der Waals surface area contributed by atoms with E-state index in [4.69, 9.17) is 0 Å². The summed E-state index contributed by atoms with van der Waals surface area (Å²) in [4.78, 5) is 2.49. The van der Waals surface area contributed by atoms with E-state index in [2.05, 4.69) is 17.1 Å². The van der Waals surface area contributed by atoms with Crippen molar-refractivity contribution in [3.8, 4) is 0 Å². The molecule has 0 aliphatic carbocycles. The van der Waals surface area contributed by atoms with Gasteiger partial charge in [-0.3, -0.25) is 4.90 Å². The summed E-state index contributed by atoms with van der Waals surface area (Å²) in [5.74, 6) is 0. The molecule has 1 aliphatic heterocycles. The van der Waals surface area contributed by atoms with Gasteiger partial charge >= 0.3 is 6.18 Å². The fraction of sp³-hybridized carbons (Fsp3) is 0.636. The molecule has 18 heavy (non-hydrogen) atoms. The smallest absolute Gasteiger partial charge is 0.314 e. The number of halogens is 4. The Kier molecular flexibility index (Phi) is 5.46. The van der Waals surface area contributed by atoms with Gasteiger partial charge in [0, 0.05) is 37.1 Å². The van der Waals surface area contributed by atoms with Gasteiger partial charge in [-0.15, -0.1) is 23.7 Å². The second-order valence-electron chi connectivity index (χ2n) is 4.29. The van der Waals surface area contributed by atoms with E-state index >= 15 is 0 Å². The average Bonchev–Trinajstić information content (AvgIpc) is 2.69. The largest absolute Gasteiger partial charge is 0.425 e. The Bertz CT molecular complexity index is 381. The highest BCUT2D eigenvalue weighted by atomic mass is 35.5. The molecular formula is C11H16ClF3N2S. The lowest BCUT2D eigenvalue weighted by Gasteiger charge is -2.33. The normalized spacial score (nSPS) is 21.7. The van der Waals surface area contributed by atoms with Crippen LogP contribution in [-0.2, 0) is 12.7 Å². The van der Waals surface area contributed by atoms with E-state index in [0.29, 0.717) is 12.6 Å². The van der Waals surface area contributed by atoms with Gasteiger partial charge in [-0.25, -0.2) is 0 Å². The third-order valence-electron chi connectivity index (χ3n) is 2.94. The summed E-state index contributed by atoms with van der Waals surface area (Å²) in [5, 5.41) is 3.26. The highest BCUT2D eigenvalue weighted by Gasteiger charge is 2.32. The molecule has 1 aromatic rings. The van der Waals surface area contributed by atoms with Gasteiger partial charge in [-0.2, -0.15) is 13.2 Å². The molecule has 0 amide bonds. The van der Waals surface area contributed by atoms with Crippen LogP contribution < -0.4 is 5.32 Å². The molecule has 2 rings (SSSR count). The van der Waals surface area contributed by atoms with Crippen molar-refractivity contribution in [1.82, 2.24) is 10.2 Å². The molecule has 1 fully saturated rings. The van der Waals surface area contributed by atoms with Gasteiger partial charge in [0.25, 0.3) is 0 Å². The first-order chi connectivity index (χ1) is 7.97. The lowest BCUT2D eigenvalue weighted by atomic mass is 10.2. The number of thiophene rings is 1. The average molecular weight is 301 g/mol. The highest BCUT2D eigenvalue weighted by molar-refractivity contribution is 7.12. The minimum absolute atomic E-state index is 0. The van der Waals surface area contributed by atoms with Gasteiger partial charge in [0.05, 0.1) is 0 Å². The molecule has 2 heterocycles. The standard InChI is InChI=1S/C11H15F3N2S.ClH/c1-8-6-15-4-5-16(8)7-9-2-3-10(17-9)11(12,13)14;/h2-3,8,15H,4-7H2,1H3;1H/t8-;/m1./s1.